The van der Waals surface area contributed by atoms with E-state index in [0.29, 0.717) is 0 Å². The topological polar surface area (TPSA) is 21.3 Å². The lowest BCUT2D eigenvalue weighted by molar-refractivity contribution is 0.413. The molecule has 4 heteroatoms. The molecule has 1 N–H and O–H groups in total. The molecule has 112 valence electrons. The first-order valence-corrected chi connectivity index (χ1v) is 7.74. The molecule has 2 aromatic rings. The van der Waals surface area contributed by atoms with Crippen LogP contribution < -0.4 is 10.1 Å². The summed E-state index contributed by atoms with van der Waals surface area (Å²) >= 11 is 3.57. The summed E-state index contributed by atoms with van der Waals surface area (Å²) in [6, 6.07) is 12.7. The van der Waals surface area contributed by atoms with E-state index < -0.39 is 0 Å². The third kappa shape index (κ3) is 4.29. The number of rotatable bonds is 6. The molecule has 0 spiro atoms. The number of likely N-dealkylation sites (N-methyl/N-ethyl adjacent to an activating group) is 1. The van der Waals surface area contributed by atoms with Crippen molar-refractivity contribution in [3.63, 3.8) is 0 Å². The SMILES string of the molecule is CCNC(Cc1cc(OC)ccc1Br)c1cccc(F)c1. The average Bonchev–Trinajstić information content (AvgIpc) is 2.49. The van der Waals surface area contributed by atoms with Gasteiger partial charge in [-0.15, -0.1) is 0 Å². The Morgan fingerprint density at radius 3 is 2.71 bits per heavy atom. The molecule has 0 radical (unpaired) electrons. The molecular formula is C17H19BrFNO. The zero-order valence-electron chi connectivity index (χ0n) is 12.2. The molecule has 2 rings (SSSR count). The Morgan fingerprint density at radius 1 is 1.24 bits per heavy atom. The van der Waals surface area contributed by atoms with Gasteiger partial charge in [-0.2, -0.15) is 0 Å². The predicted octanol–water partition coefficient (Wildman–Crippen LogP) is 4.49. The Labute approximate surface area is 133 Å². The van der Waals surface area contributed by atoms with Crippen molar-refractivity contribution in [3.05, 3.63) is 63.9 Å². The number of benzene rings is 2. The number of nitrogens with one attached hydrogen (secondary N) is 1. The van der Waals surface area contributed by atoms with E-state index in [9.17, 15) is 4.39 Å². The molecule has 0 bridgehead atoms. The summed E-state index contributed by atoms with van der Waals surface area (Å²) in [6.07, 6.45) is 0.759. The second-order valence-corrected chi connectivity index (χ2v) is 5.68. The van der Waals surface area contributed by atoms with Gasteiger partial charge in [0, 0.05) is 10.5 Å². The normalized spacial score (nSPS) is 12.2. The average molecular weight is 352 g/mol. The first kappa shape index (κ1) is 16.0. The summed E-state index contributed by atoms with van der Waals surface area (Å²) in [5.41, 5.74) is 2.08. The standard InChI is InChI=1S/C17H19BrFNO/c1-3-20-17(12-5-4-6-14(19)9-12)11-13-10-15(21-2)7-8-16(13)18/h4-10,17,20H,3,11H2,1-2H3. The molecule has 0 aliphatic heterocycles. The molecule has 0 amide bonds. The Bertz CT molecular complexity index is 603. The van der Waals surface area contributed by atoms with Crippen molar-refractivity contribution in [3.8, 4) is 5.75 Å². The fourth-order valence-electron chi connectivity index (χ4n) is 2.33. The van der Waals surface area contributed by atoms with Crippen molar-refractivity contribution in [2.75, 3.05) is 13.7 Å². The zero-order chi connectivity index (χ0) is 15.2. The maximum Gasteiger partial charge on any atom is 0.123 e. The van der Waals surface area contributed by atoms with Gasteiger partial charge in [0.15, 0.2) is 0 Å². The predicted molar refractivity (Wildman–Crippen MR) is 87.2 cm³/mol. The smallest absolute Gasteiger partial charge is 0.123 e. The van der Waals surface area contributed by atoms with Crippen LogP contribution in [0.25, 0.3) is 0 Å². The Balaban J connectivity index is 2.28. The molecule has 21 heavy (non-hydrogen) atoms. The first-order chi connectivity index (χ1) is 10.1. The van der Waals surface area contributed by atoms with Gasteiger partial charge in [-0.25, -0.2) is 4.39 Å². The van der Waals surface area contributed by atoms with Crippen LogP contribution in [0.2, 0.25) is 0 Å². The lowest BCUT2D eigenvalue weighted by atomic mass is 9.98. The molecule has 1 unspecified atom stereocenters. The second-order valence-electron chi connectivity index (χ2n) is 4.83. The Hall–Kier alpha value is -1.39. The van der Waals surface area contributed by atoms with Gasteiger partial charge in [0.25, 0.3) is 0 Å². The second kappa shape index (κ2) is 7.57. The molecular weight excluding hydrogens is 333 g/mol. The summed E-state index contributed by atoms with van der Waals surface area (Å²) in [7, 11) is 1.65. The van der Waals surface area contributed by atoms with Crippen molar-refractivity contribution >= 4 is 15.9 Å². The van der Waals surface area contributed by atoms with Crippen LogP contribution in [0.15, 0.2) is 46.9 Å². The third-order valence-corrected chi connectivity index (χ3v) is 4.15. The van der Waals surface area contributed by atoms with Crippen molar-refractivity contribution < 1.29 is 9.13 Å². The number of hydrogen-bond donors (Lipinski definition) is 1. The summed E-state index contributed by atoms with van der Waals surface area (Å²) in [5.74, 6) is 0.614. The van der Waals surface area contributed by atoms with Crippen LogP contribution in [0.3, 0.4) is 0 Å². The monoisotopic (exact) mass is 351 g/mol. The maximum atomic E-state index is 13.4. The molecule has 1 atom stereocenters. The van der Waals surface area contributed by atoms with Crippen LogP contribution >= 0.6 is 15.9 Å². The maximum absolute atomic E-state index is 13.4. The largest absolute Gasteiger partial charge is 0.497 e. The zero-order valence-corrected chi connectivity index (χ0v) is 13.8. The quantitative estimate of drug-likeness (QED) is 0.827. The van der Waals surface area contributed by atoms with Gasteiger partial charge in [-0.1, -0.05) is 35.0 Å². The highest BCUT2D eigenvalue weighted by Gasteiger charge is 2.14. The van der Waals surface area contributed by atoms with E-state index in [-0.39, 0.29) is 11.9 Å². The summed E-state index contributed by atoms with van der Waals surface area (Å²) in [4.78, 5) is 0. The third-order valence-electron chi connectivity index (χ3n) is 3.38. The van der Waals surface area contributed by atoms with Gasteiger partial charge >= 0.3 is 0 Å². The molecule has 0 aromatic heterocycles. The number of ether oxygens (including phenoxy) is 1. The van der Waals surface area contributed by atoms with Crippen LogP contribution in [-0.2, 0) is 6.42 Å². The highest BCUT2D eigenvalue weighted by molar-refractivity contribution is 9.10. The highest BCUT2D eigenvalue weighted by Crippen LogP contribution is 2.27. The van der Waals surface area contributed by atoms with Gasteiger partial charge in [-0.05, 0) is 54.4 Å². The number of methoxy groups -OCH3 is 1. The van der Waals surface area contributed by atoms with Crippen LogP contribution in [-0.4, -0.2) is 13.7 Å². The Kier molecular flexibility index (Phi) is 5.76. The van der Waals surface area contributed by atoms with Crippen LogP contribution in [0.1, 0.15) is 24.1 Å². The number of halogens is 2. The van der Waals surface area contributed by atoms with Crippen molar-refractivity contribution in [2.24, 2.45) is 0 Å². The minimum atomic E-state index is -0.208. The van der Waals surface area contributed by atoms with Crippen LogP contribution in [0, 0.1) is 5.82 Å². The van der Waals surface area contributed by atoms with Gasteiger partial charge in [0.05, 0.1) is 7.11 Å². The first-order valence-electron chi connectivity index (χ1n) is 6.95. The van der Waals surface area contributed by atoms with E-state index in [4.69, 9.17) is 4.74 Å². The summed E-state index contributed by atoms with van der Waals surface area (Å²) in [6.45, 7) is 2.87. The lowest BCUT2D eigenvalue weighted by Crippen LogP contribution is -2.23. The van der Waals surface area contributed by atoms with Gasteiger partial charge < -0.3 is 10.1 Å². The van der Waals surface area contributed by atoms with E-state index in [0.717, 1.165) is 34.3 Å². The van der Waals surface area contributed by atoms with E-state index in [2.05, 4.69) is 21.2 Å². The van der Waals surface area contributed by atoms with Crippen LogP contribution in [0.5, 0.6) is 5.75 Å². The van der Waals surface area contributed by atoms with E-state index in [1.165, 1.54) is 6.07 Å². The fourth-order valence-corrected chi connectivity index (χ4v) is 2.74. The minimum absolute atomic E-state index is 0.0640. The molecule has 0 fully saturated rings. The molecule has 0 aliphatic carbocycles. The number of hydrogen-bond acceptors (Lipinski definition) is 2. The van der Waals surface area contributed by atoms with E-state index >= 15 is 0 Å². The molecule has 0 saturated heterocycles. The van der Waals surface area contributed by atoms with Crippen LogP contribution in [0.4, 0.5) is 4.39 Å². The highest BCUT2D eigenvalue weighted by atomic mass is 79.9. The van der Waals surface area contributed by atoms with Gasteiger partial charge in [-0.3, -0.25) is 0 Å². The molecule has 2 nitrogen and oxygen atoms in total. The molecule has 0 heterocycles. The molecule has 0 saturated carbocycles. The van der Waals surface area contributed by atoms with Gasteiger partial charge in [0.2, 0.25) is 0 Å². The lowest BCUT2D eigenvalue weighted by Gasteiger charge is -2.19. The van der Waals surface area contributed by atoms with Gasteiger partial charge in [0.1, 0.15) is 11.6 Å². The van der Waals surface area contributed by atoms with Crippen molar-refractivity contribution in [2.45, 2.75) is 19.4 Å². The molecule has 2 aromatic carbocycles. The Morgan fingerprint density at radius 2 is 2.05 bits per heavy atom. The minimum Gasteiger partial charge on any atom is -0.497 e. The van der Waals surface area contributed by atoms with Crippen molar-refractivity contribution in [1.82, 2.24) is 5.32 Å². The van der Waals surface area contributed by atoms with E-state index in [1.807, 2.05) is 31.2 Å². The van der Waals surface area contributed by atoms with E-state index in [1.54, 1.807) is 19.2 Å². The summed E-state index contributed by atoms with van der Waals surface area (Å²) in [5, 5.41) is 3.41. The molecule has 0 aliphatic rings. The fraction of sp³-hybridized carbons (Fsp3) is 0.294. The van der Waals surface area contributed by atoms with Crippen molar-refractivity contribution in [1.29, 1.82) is 0 Å². The summed E-state index contributed by atoms with van der Waals surface area (Å²) < 4.78 is 19.8.